The molecular formula is C13H12BrN3. The van der Waals surface area contributed by atoms with Crippen molar-refractivity contribution in [3.63, 3.8) is 0 Å². The third-order valence-electron chi connectivity index (χ3n) is 2.50. The highest BCUT2D eigenvalue weighted by atomic mass is 79.9. The van der Waals surface area contributed by atoms with E-state index in [1.165, 1.54) is 0 Å². The smallest absolute Gasteiger partial charge is 0.0934 e. The van der Waals surface area contributed by atoms with Crippen molar-refractivity contribution >= 4 is 32.5 Å². The number of hydrogen-bond donors (Lipinski definition) is 1. The van der Waals surface area contributed by atoms with Crippen LogP contribution in [0.25, 0.3) is 10.9 Å². The Morgan fingerprint density at radius 3 is 3.12 bits per heavy atom. The topological polar surface area (TPSA) is 48.7 Å². The normalized spacial score (nSPS) is 12.1. The first-order chi connectivity index (χ1) is 8.20. The quantitative estimate of drug-likeness (QED) is 0.940. The zero-order valence-corrected chi connectivity index (χ0v) is 11.0. The van der Waals surface area contributed by atoms with Gasteiger partial charge in [0.2, 0.25) is 0 Å². The molecule has 0 fully saturated rings. The molecule has 1 aromatic heterocycles. The van der Waals surface area contributed by atoms with E-state index in [9.17, 15) is 0 Å². The second-order valence-corrected chi connectivity index (χ2v) is 4.86. The van der Waals surface area contributed by atoms with Gasteiger partial charge in [-0.3, -0.25) is 4.98 Å². The third kappa shape index (κ3) is 2.75. The number of nitriles is 1. The molecule has 0 spiro atoms. The van der Waals surface area contributed by atoms with Gasteiger partial charge >= 0.3 is 0 Å². The summed E-state index contributed by atoms with van der Waals surface area (Å²) >= 11 is 3.40. The van der Waals surface area contributed by atoms with E-state index in [0.717, 1.165) is 21.1 Å². The molecule has 0 aliphatic rings. The number of fused-ring (bicyclic) bond motifs is 1. The molecule has 1 N–H and O–H groups in total. The summed E-state index contributed by atoms with van der Waals surface area (Å²) in [5, 5.41) is 13.1. The summed E-state index contributed by atoms with van der Waals surface area (Å²) in [7, 11) is 0. The van der Waals surface area contributed by atoms with Crippen LogP contribution in [0, 0.1) is 17.2 Å². The van der Waals surface area contributed by atoms with Crippen LogP contribution in [-0.4, -0.2) is 11.5 Å². The number of nitrogens with one attached hydrogen (secondary N) is 1. The largest absolute Gasteiger partial charge is 0.382 e. The molecule has 2 aromatic rings. The SMILES string of the molecule is CC(C#N)CNc1cccc2cc(Br)cnc12. The number of aromatic nitrogens is 1. The van der Waals surface area contributed by atoms with Crippen molar-refractivity contribution in [2.45, 2.75) is 6.92 Å². The lowest BCUT2D eigenvalue weighted by Gasteiger charge is -2.10. The van der Waals surface area contributed by atoms with Gasteiger partial charge < -0.3 is 5.32 Å². The van der Waals surface area contributed by atoms with E-state index in [-0.39, 0.29) is 5.92 Å². The molecular weight excluding hydrogens is 278 g/mol. The number of anilines is 1. The van der Waals surface area contributed by atoms with Crippen molar-refractivity contribution in [3.05, 3.63) is 34.9 Å². The van der Waals surface area contributed by atoms with Crippen LogP contribution in [0.1, 0.15) is 6.92 Å². The molecule has 86 valence electrons. The lowest BCUT2D eigenvalue weighted by molar-refractivity contribution is 0.787. The van der Waals surface area contributed by atoms with Gasteiger partial charge in [0.1, 0.15) is 0 Å². The summed E-state index contributed by atoms with van der Waals surface area (Å²) in [4.78, 5) is 4.39. The summed E-state index contributed by atoms with van der Waals surface area (Å²) in [6.07, 6.45) is 1.78. The average Bonchev–Trinajstić information content (AvgIpc) is 2.35. The third-order valence-corrected chi connectivity index (χ3v) is 2.93. The van der Waals surface area contributed by atoms with Gasteiger partial charge in [0, 0.05) is 22.6 Å². The van der Waals surface area contributed by atoms with E-state index in [0.29, 0.717) is 6.54 Å². The Balaban J connectivity index is 2.32. The Hall–Kier alpha value is -1.60. The fraction of sp³-hybridized carbons (Fsp3) is 0.231. The van der Waals surface area contributed by atoms with Gasteiger partial charge in [-0.1, -0.05) is 12.1 Å². The molecule has 1 unspecified atom stereocenters. The van der Waals surface area contributed by atoms with Crippen LogP contribution in [0.15, 0.2) is 34.9 Å². The van der Waals surface area contributed by atoms with Gasteiger partial charge in [-0.05, 0) is 35.0 Å². The molecule has 0 saturated heterocycles. The van der Waals surface area contributed by atoms with Gasteiger partial charge in [0.25, 0.3) is 0 Å². The maximum atomic E-state index is 8.75. The van der Waals surface area contributed by atoms with Crippen molar-refractivity contribution < 1.29 is 0 Å². The van der Waals surface area contributed by atoms with Crippen LogP contribution in [0.2, 0.25) is 0 Å². The van der Waals surface area contributed by atoms with Gasteiger partial charge in [-0.2, -0.15) is 5.26 Å². The fourth-order valence-corrected chi connectivity index (χ4v) is 1.93. The van der Waals surface area contributed by atoms with E-state index in [1.54, 1.807) is 6.20 Å². The Kier molecular flexibility index (Phi) is 3.60. The molecule has 2 rings (SSSR count). The zero-order chi connectivity index (χ0) is 12.3. The first kappa shape index (κ1) is 11.9. The molecule has 0 radical (unpaired) electrons. The molecule has 0 amide bonds. The molecule has 1 atom stereocenters. The van der Waals surface area contributed by atoms with E-state index in [4.69, 9.17) is 5.26 Å². The first-order valence-corrected chi connectivity index (χ1v) is 6.18. The average molecular weight is 290 g/mol. The number of halogens is 1. The number of pyridine rings is 1. The van der Waals surface area contributed by atoms with Crippen LogP contribution in [-0.2, 0) is 0 Å². The van der Waals surface area contributed by atoms with Crippen LogP contribution in [0.5, 0.6) is 0 Å². The minimum Gasteiger partial charge on any atom is -0.382 e. The summed E-state index contributed by atoms with van der Waals surface area (Å²) < 4.78 is 0.965. The lowest BCUT2D eigenvalue weighted by atomic mass is 10.1. The summed E-state index contributed by atoms with van der Waals surface area (Å²) in [6, 6.07) is 10.2. The highest BCUT2D eigenvalue weighted by Crippen LogP contribution is 2.23. The Morgan fingerprint density at radius 1 is 1.53 bits per heavy atom. The zero-order valence-electron chi connectivity index (χ0n) is 9.44. The Labute approximate surface area is 109 Å². The van der Waals surface area contributed by atoms with E-state index < -0.39 is 0 Å². The van der Waals surface area contributed by atoms with Crippen LogP contribution in [0.3, 0.4) is 0 Å². The molecule has 1 aromatic carbocycles. The van der Waals surface area contributed by atoms with Crippen molar-refractivity contribution in [2.24, 2.45) is 5.92 Å². The molecule has 0 aliphatic carbocycles. The maximum Gasteiger partial charge on any atom is 0.0934 e. The van der Waals surface area contributed by atoms with E-state index >= 15 is 0 Å². The minimum atomic E-state index is -0.0132. The highest BCUT2D eigenvalue weighted by Gasteiger charge is 2.04. The first-order valence-electron chi connectivity index (χ1n) is 5.38. The van der Waals surface area contributed by atoms with Crippen molar-refractivity contribution in [1.82, 2.24) is 4.98 Å². The molecule has 0 aliphatic heterocycles. The number of hydrogen-bond acceptors (Lipinski definition) is 3. The van der Waals surface area contributed by atoms with Crippen LogP contribution >= 0.6 is 15.9 Å². The van der Waals surface area contributed by atoms with Crippen LogP contribution in [0.4, 0.5) is 5.69 Å². The number of benzene rings is 1. The van der Waals surface area contributed by atoms with Gasteiger partial charge in [0.15, 0.2) is 0 Å². The van der Waals surface area contributed by atoms with Gasteiger partial charge in [-0.15, -0.1) is 0 Å². The molecule has 0 saturated carbocycles. The predicted octanol–water partition coefficient (Wildman–Crippen LogP) is 3.57. The molecule has 17 heavy (non-hydrogen) atoms. The molecule has 0 bridgehead atoms. The van der Waals surface area contributed by atoms with Crippen molar-refractivity contribution in [3.8, 4) is 6.07 Å². The van der Waals surface area contributed by atoms with E-state index in [2.05, 4.69) is 32.3 Å². The van der Waals surface area contributed by atoms with Gasteiger partial charge in [-0.25, -0.2) is 0 Å². The van der Waals surface area contributed by atoms with E-state index in [1.807, 2.05) is 31.2 Å². The predicted molar refractivity (Wildman–Crippen MR) is 72.7 cm³/mol. The van der Waals surface area contributed by atoms with Gasteiger partial charge in [0.05, 0.1) is 23.2 Å². The summed E-state index contributed by atoms with van der Waals surface area (Å²) in [5.74, 6) is -0.0132. The number of para-hydroxylation sites is 1. The van der Waals surface area contributed by atoms with Crippen molar-refractivity contribution in [2.75, 3.05) is 11.9 Å². The Morgan fingerprint density at radius 2 is 2.35 bits per heavy atom. The monoisotopic (exact) mass is 289 g/mol. The second-order valence-electron chi connectivity index (χ2n) is 3.94. The fourth-order valence-electron chi connectivity index (χ4n) is 1.59. The molecule has 4 heteroatoms. The molecule has 3 nitrogen and oxygen atoms in total. The number of rotatable bonds is 3. The number of nitrogens with zero attached hydrogens (tertiary/aromatic N) is 2. The standard InChI is InChI=1S/C13H12BrN3/c1-9(6-15)7-16-12-4-2-3-10-5-11(14)8-17-13(10)12/h2-5,8-9,16H,7H2,1H3. The highest BCUT2D eigenvalue weighted by molar-refractivity contribution is 9.10. The molecule has 1 heterocycles. The lowest BCUT2D eigenvalue weighted by Crippen LogP contribution is -2.09. The summed E-state index contributed by atoms with van der Waals surface area (Å²) in [6.45, 7) is 2.52. The maximum absolute atomic E-state index is 8.75. The van der Waals surface area contributed by atoms with Crippen LogP contribution < -0.4 is 5.32 Å². The Bertz CT molecular complexity index is 574. The summed E-state index contributed by atoms with van der Waals surface area (Å²) in [5.41, 5.74) is 1.90. The van der Waals surface area contributed by atoms with Crippen molar-refractivity contribution in [1.29, 1.82) is 5.26 Å². The second kappa shape index (κ2) is 5.15. The minimum absolute atomic E-state index is 0.0132.